The smallest absolute Gasteiger partial charge is 0.293 e. The molecule has 0 aliphatic rings. The largest absolute Gasteiger partial charge is 0.467 e. The number of aromatic nitrogens is 2. The second-order valence-electron chi connectivity index (χ2n) is 3.80. The minimum absolute atomic E-state index is 0.152. The topological polar surface area (TPSA) is 52.1 Å². The Hall–Kier alpha value is -1.21. The van der Waals surface area contributed by atoms with Crippen molar-refractivity contribution in [3.05, 3.63) is 56.6 Å². The van der Waals surface area contributed by atoms with E-state index in [1.807, 2.05) is 24.3 Å². The van der Waals surface area contributed by atoms with E-state index in [2.05, 4.69) is 32.6 Å². The lowest BCUT2D eigenvalue weighted by Gasteiger charge is -2.16. The fraction of sp³-hybridized carbons (Fsp3) is 0.154. The molecule has 4 nitrogen and oxygen atoms in total. The van der Waals surface area contributed by atoms with E-state index in [4.69, 9.17) is 16.3 Å². The normalized spacial score (nSPS) is 11.9. The molecule has 98 valence electrons. The third-order valence-electron chi connectivity index (χ3n) is 2.59. The van der Waals surface area contributed by atoms with E-state index in [1.54, 1.807) is 6.07 Å². The second-order valence-corrected chi connectivity index (χ2v) is 5.44. The summed E-state index contributed by atoms with van der Waals surface area (Å²) in [5, 5.41) is 0.367. The molecule has 0 radical (unpaired) electrons. The van der Waals surface area contributed by atoms with Crippen LogP contribution < -0.4 is 0 Å². The number of carbonyl (C=O) groups excluding carboxylic acids is 1. The molecule has 0 aliphatic heterocycles. The van der Waals surface area contributed by atoms with Crippen LogP contribution in [0.25, 0.3) is 0 Å². The van der Waals surface area contributed by atoms with Crippen LogP contribution in [-0.2, 0) is 9.53 Å². The van der Waals surface area contributed by atoms with E-state index in [9.17, 15) is 4.79 Å². The molecular formula is C13H10ClIN2O2. The zero-order valence-electron chi connectivity index (χ0n) is 9.79. The summed E-state index contributed by atoms with van der Waals surface area (Å²) in [7, 11) is 0. The fourth-order valence-electron chi connectivity index (χ4n) is 1.75. The molecular weight excluding hydrogens is 379 g/mol. The van der Waals surface area contributed by atoms with Gasteiger partial charge in [-0.3, -0.25) is 4.79 Å². The predicted octanol–water partition coefficient (Wildman–Crippen LogP) is 3.04. The van der Waals surface area contributed by atoms with E-state index >= 15 is 0 Å². The van der Waals surface area contributed by atoms with Gasteiger partial charge < -0.3 is 4.74 Å². The van der Waals surface area contributed by atoms with Crippen LogP contribution in [0.1, 0.15) is 17.2 Å². The Bertz CT molecular complexity index is 535. The summed E-state index contributed by atoms with van der Waals surface area (Å²) in [6.07, 6.45) is 1.40. The van der Waals surface area contributed by atoms with Crippen molar-refractivity contribution in [2.45, 2.75) is 5.92 Å². The van der Waals surface area contributed by atoms with Gasteiger partial charge in [0.05, 0.1) is 11.6 Å². The number of benzene rings is 1. The highest BCUT2D eigenvalue weighted by molar-refractivity contribution is 14.1. The monoisotopic (exact) mass is 388 g/mol. The van der Waals surface area contributed by atoms with Gasteiger partial charge in [-0.1, -0.05) is 23.7 Å². The van der Waals surface area contributed by atoms with Gasteiger partial charge in [0, 0.05) is 3.57 Å². The van der Waals surface area contributed by atoms with Crippen molar-refractivity contribution in [3.8, 4) is 0 Å². The van der Waals surface area contributed by atoms with Crippen LogP contribution in [0.5, 0.6) is 0 Å². The van der Waals surface area contributed by atoms with E-state index in [0.717, 1.165) is 14.8 Å². The van der Waals surface area contributed by atoms with Crippen molar-refractivity contribution in [1.29, 1.82) is 0 Å². The van der Waals surface area contributed by atoms with Gasteiger partial charge in [-0.05, 0) is 46.4 Å². The molecule has 0 bridgehead atoms. The Kier molecular flexibility index (Phi) is 5.09. The molecule has 0 aliphatic carbocycles. The van der Waals surface area contributed by atoms with E-state index in [-0.39, 0.29) is 12.5 Å². The maximum absolute atomic E-state index is 10.4. The summed E-state index contributed by atoms with van der Waals surface area (Å²) >= 11 is 8.11. The molecule has 0 fully saturated rings. The van der Waals surface area contributed by atoms with E-state index in [0.29, 0.717) is 11.6 Å². The molecule has 0 N–H and O–H groups in total. The summed E-state index contributed by atoms with van der Waals surface area (Å²) in [4.78, 5) is 18.5. The number of nitrogens with zero attached hydrogens (tertiary/aromatic N) is 2. The van der Waals surface area contributed by atoms with E-state index in [1.165, 1.54) is 6.33 Å². The number of ether oxygens (including phenoxy) is 1. The second kappa shape index (κ2) is 6.81. The average Bonchev–Trinajstić information content (AvgIpc) is 2.39. The van der Waals surface area contributed by atoms with Crippen molar-refractivity contribution < 1.29 is 9.53 Å². The van der Waals surface area contributed by atoms with Crippen LogP contribution >= 0.6 is 34.2 Å². The van der Waals surface area contributed by atoms with Gasteiger partial charge in [-0.25, -0.2) is 9.97 Å². The summed E-state index contributed by atoms with van der Waals surface area (Å²) in [5.41, 5.74) is 1.74. The maximum Gasteiger partial charge on any atom is 0.293 e. The SMILES string of the molecule is O=COCC(c1cccc(I)c1)c1cc(Cl)ncn1. The van der Waals surface area contributed by atoms with Gasteiger partial charge >= 0.3 is 0 Å². The van der Waals surface area contributed by atoms with Gasteiger partial charge in [0.25, 0.3) is 6.47 Å². The van der Waals surface area contributed by atoms with Crippen molar-refractivity contribution in [2.24, 2.45) is 0 Å². The van der Waals surface area contributed by atoms with Gasteiger partial charge in [0.15, 0.2) is 0 Å². The molecule has 2 aromatic rings. The average molecular weight is 389 g/mol. The summed E-state index contributed by atoms with van der Waals surface area (Å²) in [6.45, 7) is 0.653. The van der Waals surface area contributed by atoms with Gasteiger partial charge in [-0.2, -0.15) is 0 Å². The summed E-state index contributed by atoms with van der Waals surface area (Å²) in [5.74, 6) is -0.152. The zero-order chi connectivity index (χ0) is 13.7. The Labute approximate surface area is 129 Å². The molecule has 1 heterocycles. The quantitative estimate of drug-likeness (QED) is 0.449. The molecule has 2 rings (SSSR count). The first-order chi connectivity index (χ1) is 9.20. The minimum Gasteiger partial charge on any atom is -0.467 e. The number of rotatable bonds is 5. The van der Waals surface area contributed by atoms with Crippen LogP contribution in [0.3, 0.4) is 0 Å². The lowest BCUT2D eigenvalue weighted by Crippen LogP contribution is -2.11. The van der Waals surface area contributed by atoms with Crippen molar-refractivity contribution >= 4 is 40.7 Å². The lowest BCUT2D eigenvalue weighted by atomic mass is 9.96. The molecule has 0 saturated carbocycles. The van der Waals surface area contributed by atoms with Crippen molar-refractivity contribution in [1.82, 2.24) is 9.97 Å². The molecule has 0 spiro atoms. The lowest BCUT2D eigenvalue weighted by molar-refractivity contribution is -0.128. The van der Waals surface area contributed by atoms with Crippen molar-refractivity contribution in [2.75, 3.05) is 6.61 Å². The fourth-order valence-corrected chi connectivity index (χ4v) is 2.47. The standard InChI is InChI=1S/C13H10ClIN2O2/c14-13-5-12(16-7-17-13)11(6-19-8-18)9-2-1-3-10(15)4-9/h1-5,7-8,11H,6H2. The van der Waals surface area contributed by atoms with Crippen LogP contribution in [0.4, 0.5) is 0 Å². The zero-order valence-corrected chi connectivity index (χ0v) is 12.7. The molecule has 1 atom stereocenters. The summed E-state index contributed by atoms with van der Waals surface area (Å²) < 4.78 is 6.00. The molecule has 0 amide bonds. The molecule has 1 aromatic carbocycles. The highest BCUT2D eigenvalue weighted by atomic mass is 127. The third kappa shape index (κ3) is 3.87. The predicted molar refractivity (Wildman–Crippen MR) is 80.1 cm³/mol. The first kappa shape index (κ1) is 14.2. The first-order valence-electron chi connectivity index (χ1n) is 5.49. The Morgan fingerprint density at radius 1 is 1.37 bits per heavy atom. The maximum atomic E-state index is 10.4. The number of hydrogen-bond acceptors (Lipinski definition) is 4. The Balaban J connectivity index is 2.38. The van der Waals surface area contributed by atoms with Gasteiger partial charge in [0.2, 0.25) is 0 Å². The van der Waals surface area contributed by atoms with Crippen LogP contribution in [0, 0.1) is 3.57 Å². The minimum atomic E-state index is -0.152. The van der Waals surface area contributed by atoms with Crippen molar-refractivity contribution in [3.63, 3.8) is 0 Å². The Morgan fingerprint density at radius 2 is 2.21 bits per heavy atom. The van der Waals surface area contributed by atoms with Crippen LogP contribution in [0.2, 0.25) is 5.15 Å². The first-order valence-corrected chi connectivity index (χ1v) is 6.94. The molecule has 1 aromatic heterocycles. The number of hydrogen-bond donors (Lipinski definition) is 0. The highest BCUT2D eigenvalue weighted by Crippen LogP contribution is 2.25. The summed E-state index contributed by atoms with van der Waals surface area (Å²) in [6, 6.07) is 9.62. The third-order valence-corrected chi connectivity index (χ3v) is 3.47. The molecule has 6 heteroatoms. The van der Waals surface area contributed by atoms with Gasteiger partial charge in [0.1, 0.15) is 18.1 Å². The highest BCUT2D eigenvalue weighted by Gasteiger charge is 2.17. The Morgan fingerprint density at radius 3 is 2.89 bits per heavy atom. The van der Waals surface area contributed by atoms with Gasteiger partial charge in [-0.15, -0.1) is 0 Å². The molecule has 19 heavy (non-hydrogen) atoms. The van der Waals surface area contributed by atoms with E-state index < -0.39 is 0 Å². The molecule has 0 saturated heterocycles. The van der Waals surface area contributed by atoms with Crippen LogP contribution in [0.15, 0.2) is 36.7 Å². The number of halogens is 2. The number of carbonyl (C=O) groups is 1. The molecule has 1 unspecified atom stereocenters. The van der Waals surface area contributed by atoms with Crippen LogP contribution in [-0.4, -0.2) is 23.0 Å².